The quantitative estimate of drug-likeness (QED) is 0.508. The number of benzene rings is 1. The molecule has 0 atom stereocenters. The molecule has 0 saturated heterocycles. The summed E-state index contributed by atoms with van der Waals surface area (Å²) in [5, 5.41) is 0. The number of allylic oxidation sites excluding steroid dienone is 1. The first-order valence-corrected chi connectivity index (χ1v) is 6.91. The number of hydrogen-bond acceptors (Lipinski definition) is 6. The molecule has 118 valence electrons. The lowest BCUT2D eigenvalue weighted by molar-refractivity contribution is 0.404. The number of rotatable bonds is 4. The summed E-state index contributed by atoms with van der Waals surface area (Å²) in [5.74, 6) is 2.27. The van der Waals surface area contributed by atoms with Gasteiger partial charge in [0.1, 0.15) is 17.4 Å². The van der Waals surface area contributed by atoms with Gasteiger partial charge in [-0.3, -0.25) is 0 Å². The molecule has 0 aliphatic carbocycles. The molecule has 0 fully saturated rings. The Morgan fingerprint density at radius 2 is 1.68 bits per heavy atom. The Labute approximate surface area is 130 Å². The highest BCUT2D eigenvalue weighted by atomic mass is 16.5. The molecular weight excluding hydrogens is 278 g/mol. The molecule has 0 unspecified atom stereocenters. The highest BCUT2D eigenvalue weighted by Gasteiger charge is 1.96. The SMILES string of the molecule is C=C(CCC)Oc1ccc(N)cc1.Nc1ccc(N)c(N)n1. The first-order valence-electron chi connectivity index (χ1n) is 6.91. The van der Waals surface area contributed by atoms with Crippen LogP contribution in [0.25, 0.3) is 0 Å². The lowest BCUT2D eigenvalue weighted by atomic mass is 10.3. The zero-order valence-corrected chi connectivity index (χ0v) is 12.8. The van der Waals surface area contributed by atoms with Crippen LogP contribution >= 0.6 is 0 Å². The van der Waals surface area contributed by atoms with Crippen LogP contribution in [0.15, 0.2) is 48.7 Å². The van der Waals surface area contributed by atoms with E-state index in [1.54, 1.807) is 12.1 Å². The van der Waals surface area contributed by atoms with Crippen LogP contribution in [0.3, 0.4) is 0 Å². The zero-order valence-electron chi connectivity index (χ0n) is 12.8. The summed E-state index contributed by atoms with van der Waals surface area (Å²) in [6, 6.07) is 10.5. The van der Waals surface area contributed by atoms with Gasteiger partial charge >= 0.3 is 0 Å². The zero-order chi connectivity index (χ0) is 16.5. The first kappa shape index (κ1) is 17.2. The average molecular weight is 301 g/mol. The maximum Gasteiger partial charge on any atom is 0.149 e. The third-order valence-electron chi connectivity index (χ3n) is 2.65. The highest BCUT2D eigenvalue weighted by molar-refractivity contribution is 5.60. The summed E-state index contributed by atoms with van der Waals surface area (Å²) in [5.41, 5.74) is 22.7. The standard InChI is InChI=1S/C11H15NO.C5H8N4/c1-3-4-9(2)13-11-7-5-10(12)6-8-11;6-3-1-2-4(7)9-5(3)8/h5-8H,2-4,12H2,1H3;1-2H,6H2,(H4,7,8,9). The van der Waals surface area contributed by atoms with Gasteiger partial charge in [-0.15, -0.1) is 0 Å². The Hall–Kier alpha value is -2.89. The van der Waals surface area contributed by atoms with Crippen LogP contribution in [-0.2, 0) is 0 Å². The maximum atomic E-state index is 5.54. The fourth-order valence-corrected chi connectivity index (χ4v) is 1.53. The van der Waals surface area contributed by atoms with Gasteiger partial charge in [-0.2, -0.15) is 0 Å². The van der Waals surface area contributed by atoms with Gasteiger partial charge in [0.25, 0.3) is 0 Å². The summed E-state index contributed by atoms with van der Waals surface area (Å²) in [7, 11) is 0. The smallest absolute Gasteiger partial charge is 0.149 e. The molecule has 0 amide bonds. The second-order valence-electron chi connectivity index (χ2n) is 4.67. The van der Waals surface area contributed by atoms with E-state index in [1.165, 1.54) is 0 Å². The number of hydrogen-bond donors (Lipinski definition) is 4. The first-order chi connectivity index (χ1) is 10.4. The van der Waals surface area contributed by atoms with Gasteiger partial charge in [-0.25, -0.2) is 4.98 Å². The fraction of sp³-hybridized carbons (Fsp3) is 0.188. The van der Waals surface area contributed by atoms with E-state index >= 15 is 0 Å². The largest absolute Gasteiger partial charge is 0.462 e. The molecule has 0 saturated carbocycles. The molecule has 1 heterocycles. The molecule has 0 aliphatic rings. The average Bonchev–Trinajstić information content (AvgIpc) is 2.47. The predicted octanol–water partition coefficient (Wildman–Crippen LogP) is 2.79. The number of ether oxygens (including phenoxy) is 1. The monoisotopic (exact) mass is 301 g/mol. The van der Waals surface area contributed by atoms with E-state index in [0.29, 0.717) is 11.5 Å². The maximum absolute atomic E-state index is 5.54. The minimum Gasteiger partial charge on any atom is -0.462 e. The molecule has 6 nitrogen and oxygen atoms in total. The van der Waals surface area contributed by atoms with E-state index in [-0.39, 0.29) is 5.82 Å². The summed E-state index contributed by atoms with van der Waals surface area (Å²) < 4.78 is 5.46. The Bertz CT molecular complexity index is 610. The molecule has 22 heavy (non-hydrogen) atoms. The predicted molar refractivity (Wildman–Crippen MR) is 93.0 cm³/mol. The van der Waals surface area contributed by atoms with Gasteiger partial charge in [-0.05, 0) is 42.8 Å². The number of nitrogens with zero attached hydrogens (tertiary/aromatic N) is 1. The van der Waals surface area contributed by atoms with Crippen LogP contribution in [0.5, 0.6) is 5.75 Å². The van der Waals surface area contributed by atoms with Crippen LogP contribution in [0.2, 0.25) is 0 Å². The topological polar surface area (TPSA) is 126 Å². The third-order valence-corrected chi connectivity index (χ3v) is 2.65. The molecular formula is C16H23N5O. The number of aromatic nitrogens is 1. The Kier molecular flexibility index (Phi) is 6.56. The summed E-state index contributed by atoms with van der Waals surface area (Å²) in [4.78, 5) is 3.70. The number of pyridine rings is 1. The van der Waals surface area contributed by atoms with Crippen LogP contribution < -0.4 is 27.7 Å². The molecule has 6 heteroatoms. The van der Waals surface area contributed by atoms with Crippen molar-refractivity contribution in [3.05, 3.63) is 48.7 Å². The second kappa shape index (κ2) is 8.41. The molecule has 0 spiro atoms. The molecule has 0 bridgehead atoms. The molecule has 1 aromatic carbocycles. The van der Waals surface area contributed by atoms with Crippen LogP contribution in [0.4, 0.5) is 23.0 Å². The number of nitrogen functional groups attached to an aromatic ring is 4. The van der Waals surface area contributed by atoms with Gasteiger partial charge in [0.05, 0.1) is 11.4 Å². The lowest BCUT2D eigenvalue weighted by Crippen LogP contribution is -1.99. The van der Waals surface area contributed by atoms with E-state index in [9.17, 15) is 0 Å². The van der Waals surface area contributed by atoms with Crippen molar-refractivity contribution in [2.75, 3.05) is 22.9 Å². The van der Waals surface area contributed by atoms with Crippen molar-refractivity contribution in [3.63, 3.8) is 0 Å². The third kappa shape index (κ3) is 6.04. The Morgan fingerprint density at radius 1 is 1.05 bits per heavy atom. The van der Waals surface area contributed by atoms with Crippen molar-refractivity contribution < 1.29 is 4.74 Å². The number of anilines is 4. The van der Waals surface area contributed by atoms with Crippen molar-refractivity contribution in [3.8, 4) is 5.75 Å². The van der Waals surface area contributed by atoms with Gasteiger partial charge in [0.2, 0.25) is 0 Å². The van der Waals surface area contributed by atoms with E-state index in [4.69, 9.17) is 27.7 Å². The van der Waals surface area contributed by atoms with Gasteiger partial charge in [-0.1, -0.05) is 13.5 Å². The second-order valence-corrected chi connectivity index (χ2v) is 4.67. The van der Waals surface area contributed by atoms with Crippen LogP contribution in [0.1, 0.15) is 19.8 Å². The summed E-state index contributed by atoms with van der Waals surface area (Å²) in [6.07, 6.45) is 1.94. The van der Waals surface area contributed by atoms with Crippen molar-refractivity contribution >= 4 is 23.0 Å². The molecule has 8 N–H and O–H groups in total. The van der Waals surface area contributed by atoms with E-state index < -0.39 is 0 Å². The van der Waals surface area contributed by atoms with Gasteiger partial charge < -0.3 is 27.7 Å². The van der Waals surface area contributed by atoms with Crippen molar-refractivity contribution in [2.45, 2.75) is 19.8 Å². The van der Waals surface area contributed by atoms with Crippen LogP contribution in [0, 0.1) is 0 Å². The molecule has 2 rings (SSSR count). The minimum absolute atomic E-state index is 0.287. The normalized spacial score (nSPS) is 9.50. The minimum atomic E-state index is 0.287. The highest BCUT2D eigenvalue weighted by Crippen LogP contribution is 2.17. The molecule has 0 radical (unpaired) electrons. The summed E-state index contributed by atoms with van der Waals surface area (Å²) in [6.45, 7) is 5.90. The number of nitrogens with two attached hydrogens (primary N) is 4. The lowest BCUT2D eigenvalue weighted by Gasteiger charge is -2.07. The molecule has 0 aliphatic heterocycles. The van der Waals surface area contributed by atoms with E-state index in [2.05, 4.69) is 18.5 Å². The Balaban J connectivity index is 0.000000235. The van der Waals surface area contributed by atoms with Crippen molar-refractivity contribution in [1.29, 1.82) is 0 Å². The van der Waals surface area contributed by atoms with E-state index in [1.807, 2.05) is 24.3 Å². The summed E-state index contributed by atoms with van der Waals surface area (Å²) >= 11 is 0. The van der Waals surface area contributed by atoms with Crippen molar-refractivity contribution in [1.82, 2.24) is 4.98 Å². The van der Waals surface area contributed by atoms with Gasteiger partial charge in [0, 0.05) is 12.1 Å². The van der Waals surface area contributed by atoms with E-state index in [0.717, 1.165) is 30.0 Å². The fourth-order valence-electron chi connectivity index (χ4n) is 1.53. The van der Waals surface area contributed by atoms with Crippen molar-refractivity contribution in [2.24, 2.45) is 0 Å². The Morgan fingerprint density at radius 3 is 2.18 bits per heavy atom. The molecule has 2 aromatic rings. The van der Waals surface area contributed by atoms with Gasteiger partial charge in [0.15, 0.2) is 0 Å². The van der Waals surface area contributed by atoms with Crippen LogP contribution in [-0.4, -0.2) is 4.98 Å². The molecule has 1 aromatic heterocycles.